The van der Waals surface area contributed by atoms with Gasteiger partial charge < -0.3 is 9.84 Å². The lowest BCUT2D eigenvalue weighted by Gasteiger charge is -2.24. The molecule has 0 spiro atoms. The van der Waals surface area contributed by atoms with Crippen molar-refractivity contribution < 1.29 is 23.4 Å². The molecule has 0 aliphatic heterocycles. The van der Waals surface area contributed by atoms with Crippen LogP contribution >= 0.6 is 15.9 Å². The topological polar surface area (TPSA) is 46.5 Å². The van der Waals surface area contributed by atoms with Crippen LogP contribution in [0.15, 0.2) is 0 Å². The molecule has 0 aromatic carbocycles. The molecule has 0 bridgehead atoms. The molecule has 1 unspecified atom stereocenters. The number of halogens is 3. The highest BCUT2D eigenvalue weighted by Gasteiger charge is 2.53. The van der Waals surface area contributed by atoms with E-state index in [1.807, 2.05) is 15.9 Å². The number of hydrogen-bond acceptors (Lipinski definition) is 3. The summed E-state index contributed by atoms with van der Waals surface area (Å²) in [7, 11) is 0.912. The largest absolute Gasteiger partial charge is 0.467 e. The predicted octanol–water partition coefficient (Wildman–Crippen LogP) is 0.898. The van der Waals surface area contributed by atoms with E-state index in [0.717, 1.165) is 7.11 Å². The summed E-state index contributed by atoms with van der Waals surface area (Å²) < 4.78 is 28.5. The second kappa shape index (κ2) is 3.02. The average Bonchev–Trinajstić information content (AvgIpc) is 1.83. The smallest absolute Gasteiger partial charge is 0.345 e. The molecule has 3 nitrogen and oxygen atoms in total. The molecule has 0 rings (SSSR count). The molecule has 6 heteroatoms. The first-order valence-corrected chi connectivity index (χ1v) is 3.40. The monoisotopic (exact) mass is 232 g/mol. The van der Waals surface area contributed by atoms with Crippen molar-refractivity contribution in [2.24, 2.45) is 0 Å². The molecular formula is C5H7BrF2O3. The molecule has 0 radical (unpaired) electrons. The van der Waals surface area contributed by atoms with Gasteiger partial charge in [-0.3, -0.25) is 0 Å². The van der Waals surface area contributed by atoms with Crippen LogP contribution in [0.4, 0.5) is 8.78 Å². The molecule has 66 valence electrons. The van der Waals surface area contributed by atoms with Crippen LogP contribution in [0.2, 0.25) is 0 Å². The molecule has 0 heterocycles. The van der Waals surface area contributed by atoms with Gasteiger partial charge in [0.1, 0.15) is 0 Å². The summed E-state index contributed by atoms with van der Waals surface area (Å²) in [6.45, 7) is 0.660. The van der Waals surface area contributed by atoms with Gasteiger partial charge in [0.2, 0.25) is 5.60 Å². The molecule has 0 aliphatic carbocycles. The maximum absolute atomic E-state index is 12.3. The Morgan fingerprint density at radius 1 is 1.64 bits per heavy atom. The van der Waals surface area contributed by atoms with Gasteiger partial charge in [0, 0.05) is 0 Å². The Balaban J connectivity index is 4.59. The van der Waals surface area contributed by atoms with Gasteiger partial charge in [0.05, 0.1) is 7.11 Å². The molecule has 0 saturated carbocycles. The Bertz CT molecular complexity index is 164. The summed E-state index contributed by atoms with van der Waals surface area (Å²) in [6.07, 6.45) is 0. The Labute approximate surface area is 70.5 Å². The molecule has 0 fully saturated rings. The number of hydrogen-bond donors (Lipinski definition) is 1. The van der Waals surface area contributed by atoms with Crippen LogP contribution in [-0.4, -0.2) is 28.6 Å². The third-order valence-corrected chi connectivity index (χ3v) is 1.91. The van der Waals surface area contributed by atoms with Gasteiger partial charge in [-0.1, -0.05) is 0 Å². The molecule has 0 aromatic rings. The Kier molecular flexibility index (Phi) is 2.96. The van der Waals surface area contributed by atoms with Crippen LogP contribution < -0.4 is 0 Å². The van der Waals surface area contributed by atoms with Crippen molar-refractivity contribution in [1.82, 2.24) is 0 Å². The highest BCUT2D eigenvalue weighted by atomic mass is 79.9. The van der Waals surface area contributed by atoms with Gasteiger partial charge >= 0.3 is 10.8 Å². The van der Waals surface area contributed by atoms with Crippen LogP contribution in [0, 0.1) is 0 Å². The molecule has 1 atom stereocenters. The molecule has 1 N–H and O–H groups in total. The first kappa shape index (κ1) is 10.8. The minimum Gasteiger partial charge on any atom is -0.467 e. The number of carbonyl (C=O) groups excluding carboxylic acids is 1. The fraction of sp³-hybridized carbons (Fsp3) is 0.800. The summed E-state index contributed by atoms with van der Waals surface area (Å²) in [6, 6.07) is 0. The van der Waals surface area contributed by atoms with E-state index >= 15 is 0 Å². The van der Waals surface area contributed by atoms with E-state index in [9.17, 15) is 13.6 Å². The van der Waals surface area contributed by atoms with Gasteiger partial charge in [-0.25, -0.2) is 4.79 Å². The lowest BCUT2D eigenvalue weighted by Crippen LogP contribution is -2.48. The minimum absolute atomic E-state index is 0.660. The van der Waals surface area contributed by atoms with Crippen LogP contribution in [0.25, 0.3) is 0 Å². The molecule has 0 aliphatic rings. The number of aliphatic hydroxyl groups is 1. The Hall–Kier alpha value is -0.230. The lowest BCUT2D eigenvalue weighted by molar-refractivity contribution is -0.180. The van der Waals surface area contributed by atoms with E-state index < -0.39 is 16.4 Å². The number of rotatable bonds is 2. The molecular weight excluding hydrogens is 226 g/mol. The van der Waals surface area contributed by atoms with E-state index in [1.165, 1.54) is 0 Å². The fourth-order valence-electron chi connectivity index (χ4n) is 0.314. The number of esters is 1. The third kappa shape index (κ3) is 2.10. The van der Waals surface area contributed by atoms with Crippen molar-refractivity contribution >= 4 is 21.9 Å². The van der Waals surface area contributed by atoms with E-state index in [2.05, 4.69) is 4.74 Å². The Morgan fingerprint density at radius 2 is 2.00 bits per heavy atom. The minimum atomic E-state index is -3.69. The second-order valence-corrected chi connectivity index (χ2v) is 3.06. The van der Waals surface area contributed by atoms with Gasteiger partial charge in [-0.2, -0.15) is 8.78 Å². The number of methoxy groups -OCH3 is 1. The highest BCUT2D eigenvalue weighted by molar-refractivity contribution is 9.10. The van der Waals surface area contributed by atoms with Crippen LogP contribution in [0.3, 0.4) is 0 Å². The number of alkyl halides is 3. The van der Waals surface area contributed by atoms with Crippen molar-refractivity contribution in [1.29, 1.82) is 0 Å². The zero-order chi connectivity index (χ0) is 9.28. The summed E-state index contributed by atoms with van der Waals surface area (Å²) in [5.41, 5.74) is -2.83. The van der Waals surface area contributed by atoms with Gasteiger partial charge in [0.25, 0.3) is 0 Å². The molecule has 0 saturated heterocycles. The summed E-state index contributed by atoms with van der Waals surface area (Å²) in [5, 5.41) is 8.85. The van der Waals surface area contributed by atoms with Crippen LogP contribution in [0.1, 0.15) is 6.92 Å². The second-order valence-electron chi connectivity index (χ2n) is 2.06. The zero-order valence-electron chi connectivity index (χ0n) is 5.90. The first-order valence-electron chi connectivity index (χ1n) is 2.61. The average molecular weight is 233 g/mol. The predicted molar refractivity (Wildman–Crippen MR) is 36.5 cm³/mol. The van der Waals surface area contributed by atoms with E-state index in [0.29, 0.717) is 6.92 Å². The maximum Gasteiger partial charge on any atom is 0.345 e. The molecule has 0 amide bonds. The quantitative estimate of drug-likeness (QED) is 0.569. The van der Waals surface area contributed by atoms with Crippen LogP contribution in [-0.2, 0) is 9.53 Å². The highest BCUT2D eigenvalue weighted by Crippen LogP contribution is 2.35. The summed E-state index contributed by atoms with van der Waals surface area (Å²) >= 11 is 1.86. The van der Waals surface area contributed by atoms with Crippen molar-refractivity contribution in [3.63, 3.8) is 0 Å². The lowest BCUT2D eigenvalue weighted by atomic mass is 10.1. The van der Waals surface area contributed by atoms with Gasteiger partial charge in [-0.05, 0) is 22.9 Å². The maximum atomic E-state index is 12.3. The Morgan fingerprint density at radius 3 is 2.09 bits per heavy atom. The van der Waals surface area contributed by atoms with Crippen LogP contribution in [0.5, 0.6) is 0 Å². The number of ether oxygens (including phenoxy) is 1. The van der Waals surface area contributed by atoms with Crippen molar-refractivity contribution in [2.45, 2.75) is 17.4 Å². The van der Waals surface area contributed by atoms with E-state index in [4.69, 9.17) is 5.11 Å². The fourth-order valence-corrected chi connectivity index (χ4v) is 0.476. The first-order chi connectivity index (χ1) is 4.73. The summed E-state index contributed by atoms with van der Waals surface area (Å²) in [5.74, 6) is -1.39. The van der Waals surface area contributed by atoms with Crippen molar-refractivity contribution in [2.75, 3.05) is 7.11 Å². The molecule has 11 heavy (non-hydrogen) atoms. The summed E-state index contributed by atoms with van der Waals surface area (Å²) in [4.78, 5) is 6.81. The van der Waals surface area contributed by atoms with Gasteiger partial charge in [-0.15, -0.1) is 0 Å². The standard InChI is InChI=1S/C5H7BrF2O3/c1-4(10,3(9)11-2)5(6,7)8/h10H,1-2H3. The van der Waals surface area contributed by atoms with E-state index in [-0.39, 0.29) is 0 Å². The molecule has 0 aromatic heterocycles. The SMILES string of the molecule is COC(=O)C(C)(O)C(F)(F)Br. The van der Waals surface area contributed by atoms with Crippen molar-refractivity contribution in [3.05, 3.63) is 0 Å². The zero-order valence-corrected chi connectivity index (χ0v) is 7.48. The van der Waals surface area contributed by atoms with Gasteiger partial charge in [0.15, 0.2) is 0 Å². The van der Waals surface area contributed by atoms with E-state index in [1.54, 1.807) is 0 Å². The normalized spacial score (nSPS) is 17.3. The van der Waals surface area contributed by atoms with Crippen molar-refractivity contribution in [3.8, 4) is 0 Å². The third-order valence-electron chi connectivity index (χ3n) is 1.13. The number of carbonyl (C=O) groups is 1.